The molecule has 1 aliphatic rings. The van der Waals surface area contributed by atoms with Crippen LogP contribution in [0.2, 0.25) is 0 Å². The van der Waals surface area contributed by atoms with Crippen molar-refractivity contribution in [1.82, 2.24) is 25.0 Å². The van der Waals surface area contributed by atoms with Crippen molar-refractivity contribution >= 4 is 29.9 Å². The number of aromatic nitrogens is 3. The van der Waals surface area contributed by atoms with Gasteiger partial charge in [0.1, 0.15) is 11.6 Å². The minimum Gasteiger partial charge on any atom is -0.496 e. The molecule has 7 nitrogen and oxygen atoms in total. The Morgan fingerprint density at radius 1 is 1.26 bits per heavy atom. The van der Waals surface area contributed by atoms with E-state index in [1.54, 1.807) is 14.2 Å². The van der Waals surface area contributed by atoms with Gasteiger partial charge in [-0.25, -0.2) is 0 Å². The first-order valence-electron chi connectivity index (χ1n) is 9.17. The SMILES string of the molecule is CN=C(NCc1nnc2n1CCCCC2)N(C)Cc1ccccc1OC.I. The predicted molar refractivity (Wildman–Crippen MR) is 118 cm³/mol. The largest absolute Gasteiger partial charge is 0.496 e. The van der Waals surface area contributed by atoms with Gasteiger partial charge in [-0.05, 0) is 18.9 Å². The van der Waals surface area contributed by atoms with Gasteiger partial charge in [0, 0.05) is 39.2 Å². The molecule has 0 fully saturated rings. The Kier molecular flexibility index (Phi) is 8.33. The maximum atomic E-state index is 5.44. The average Bonchev–Trinajstić information content (AvgIpc) is 2.89. The summed E-state index contributed by atoms with van der Waals surface area (Å²) in [5.41, 5.74) is 1.12. The van der Waals surface area contributed by atoms with Gasteiger partial charge >= 0.3 is 0 Å². The number of aliphatic imine (C=N–C) groups is 1. The fraction of sp³-hybridized carbons (Fsp3) is 0.526. The van der Waals surface area contributed by atoms with Gasteiger partial charge in [-0.15, -0.1) is 34.2 Å². The molecule has 2 aromatic rings. The van der Waals surface area contributed by atoms with E-state index in [1.165, 1.54) is 19.3 Å². The van der Waals surface area contributed by atoms with E-state index in [2.05, 4.69) is 36.0 Å². The first kappa shape index (κ1) is 21.5. The summed E-state index contributed by atoms with van der Waals surface area (Å²) in [5, 5.41) is 12.1. The van der Waals surface area contributed by atoms with Crippen molar-refractivity contribution in [2.45, 2.75) is 45.3 Å². The van der Waals surface area contributed by atoms with Crippen LogP contribution >= 0.6 is 24.0 Å². The number of hydrogen-bond donors (Lipinski definition) is 1. The fourth-order valence-electron chi connectivity index (χ4n) is 3.38. The summed E-state index contributed by atoms with van der Waals surface area (Å²) in [6.45, 7) is 2.34. The predicted octanol–water partition coefficient (Wildman–Crippen LogP) is 2.84. The van der Waals surface area contributed by atoms with E-state index in [1.807, 2.05) is 25.2 Å². The lowest BCUT2D eigenvalue weighted by molar-refractivity contribution is 0.395. The van der Waals surface area contributed by atoms with E-state index < -0.39 is 0 Å². The molecule has 0 bridgehead atoms. The van der Waals surface area contributed by atoms with Gasteiger partial charge in [-0.2, -0.15) is 0 Å². The molecule has 148 valence electrons. The third kappa shape index (κ3) is 5.33. The van der Waals surface area contributed by atoms with Crippen LogP contribution in [-0.4, -0.2) is 46.8 Å². The molecule has 0 radical (unpaired) electrons. The van der Waals surface area contributed by atoms with Crippen molar-refractivity contribution in [1.29, 1.82) is 0 Å². The van der Waals surface area contributed by atoms with Gasteiger partial charge in [0.15, 0.2) is 11.8 Å². The van der Waals surface area contributed by atoms with Crippen LogP contribution in [-0.2, 0) is 26.1 Å². The normalized spacial score (nSPS) is 14.0. The minimum atomic E-state index is 0. The van der Waals surface area contributed by atoms with Gasteiger partial charge in [0.05, 0.1) is 13.7 Å². The highest BCUT2D eigenvalue weighted by Crippen LogP contribution is 2.19. The monoisotopic (exact) mass is 484 g/mol. The number of hydrogen-bond acceptors (Lipinski definition) is 4. The molecule has 0 atom stereocenters. The lowest BCUT2D eigenvalue weighted by Crippen LogP contribution is -2.38. The van der Waals surface area contributed by atoms with Crippen LogP contribution in [0.15, 0.2) is 29.3 Å². The van der Waals surface area contributed by atoms with Gasteiger partial charge in [-0.3, -0.25) is 4.99 Å². The molecule has 0 saturated carbocycles. The highest BCUT2D eigenvalue weighted by atomic mass is 127. The zero-order valence-corrected chi connectivity index (χ0v) is 18.6. The van der Waals surface area contributed by atoms with Gasteiger partial charge < -0.3 is 19.5 Å². The molecule has 8 heteroatoms. The summed E-state index contributed by atoms with van der Waals surface area (Å²) < 4.78 is 7.70. The molecule has 0 amide bonds. The van der Waals surface area contributed by atoms with Crippen molar-refractivity contribution in [2.24, 2.45) is 4.99 Å². The maximum absolute atomic E-state index is 5.44. The third-order valence-electron chi connectivity index (χ3n) is 4.76. The molecule has 0 unspecified atom stereocenters. The molecule has 1 N–H and O–H groups in total. The standard InChI is InChI=1S/C19H28N6O.HI/c1-20-19(24(2)14-15-9-6-7-10-16(15)26-3)21-13-18-23-22-17-11-5-4-8-12-25(17)18;/h6-7,9-10H,4-5,8,11-14H2,1-3H3,(H,20,21);1H. The number of aryl methyl sites for hydroxylation is 1. The number of guanidine groups is 1. The fourth-order valence-corrected chi connectivity index (χ4v) is 3.38. The molecule has 1 aromatic heterocycles. The van der Waals surface area contributed by atoms with Gasteiger partial charge in [0.25, 0.3) is 0 Å². The smallest absolute Gasteiger partial charge is 0.194 e. The minimum absolute atomic E-state index is 0. The van der Waals surface area contributed by atoms with E-state index in [0.717, 1.165) is 41.9 Å². The molecule has 27 heavy (non-hydrogen) atoms. The number of ether oxygens (including phenoxy) is 1. The lowest BCUT2D eigenvalue weighted by Gasteiger charge is -2.23. The van der Waals surface area contributed by atoms with Gasteiger partial charge in [0.2, 0.25) is 0 Å². The average molecular weight is 484 g/mol. The number of nitrogens with zero attached hydrogens (tertiary/aromatic N) is 5. The molecule has 3 rings (SSSR count). The number of rotatable bonds is 5. The number of halogens is 1. The zero-order valence-electron chi connectivity index (χ0n) is 16.3. The Bertz CT molecular complexity index is 760. The molecule has 0 aliphatic carbocycles. The number of methoxy groups -OCH3 is 1. The highest BCUT2D eigenvalue weighted by molar-refractivity contribution is 14.0. The van der Waals surface area contributed by atoms with Crippen molar-refractivity contribution in [3.8, 4) is 5.75 Å². The number of benzene rings is 1. The highest BCUT2D eigenvalue weighted by Gasteiger charge is 2.16. The van der Waals surface area contributed by atoms with E-state index in [-0.39, 0.29) is 24.0 Å². The number of para-hydroxylation sites is 1. The third-order valence-corrected chi connectivity index (χ3v) is 4.76. The Morgan fingerprint density at radius 3 is 2.85 bits per heavy atom. The maximum Gasteiger partial charge on any atom is 0.194 e. The number of fused-ring (bicyclic) bond motifs is 1. The molecular formula is C19H29IN6O. The summed E-state index contributed by atoms with van der Waals surface area (Å²) in [6, 6.07) is 8.05. The summed E-state index contributed by atoms with van der Waals surface area (Å²) in [5.74, 6) is 3.80. The molecule has 0 saturated heterocycles. The second-order valence-corrected chi connectivity index (χ2v) is 6.56. The quantitative estimate of drug-likeness (QED) is 0.402. The van der Waals surface area contributed by atoms with E-state index in [4.69, 9.17) is 4.74 Å². The van der Waals surface area contributed by atoms with E-state index >= 15 is 0 Å². The second kappa shape index (κ2) is 10.5. The summed E-state index contributed by atoms with van der Waals surface area (Å²) in [7, 11) is 5.51. The van der Waals surface area contributed by atoms with Crippen LogP contribution in [0, 0.1) is 0 Å². The molecule has 0 spiro atoms. The Labute approximate surface area is 178 Å². The molecular weight excluding hydrogens is 455 g/mol. The van der Waals surface area contributed by atoms with Crippen LogP contribution in [0.4, 0.5) is 0 Å². The molecule has 1 aromatic carbocycles. The second-order valence-electron chi connectivity index (χ2n) is 6.56. The Balaban J connectivity index is 0.00000261. The van der Waals surface area contributed by atoms with Crippen molar-refractivity contribution in [3.05, 3.63) is 41.5 Å². The summed E-state index contributed by atoms with van der Waals surface area (Å²) >= 11 is 0. The lowest BCUT2D eigenvalue weighted by atomic mass is 10.2. The Morgan fingerprint density at radius 2 is 2.07 bits per heavy atom. The summed E-state index contributed by atoms with van der Waals surface area (Å²) in [6.07, 6.45) is 4.68. The zero-order chi connectivity index (χ0) is 18.4. The first-order valence-corrected chi connectivity index (χ1v) is 9.17. The van der Waals surface area contributed by atoms with Crippen molar-refractivity contribution in [3.63, 3.8) is 0 Å². The van der Waals surface area contributed by atoms with Gasteiger partial charge in [-0.1, -0.05) is 24.6 Å². The van der Waals surface area contributed by atoms with Crippen LogP contribution < -0.4 is 10.1 Å². The van der Waals surface area contributed by atoms with Crippen molar-refractivity contribution in [2.75, 3.05) is 21.2 Å². The van der Waals surface area contributed by atoms with Crippen LogP contribution in [0.3, 0.4) is 0 Å². The van der Waals surface area contributed by atoms with E-state index in [0.29, 0.717) is 13.1 Å². The number of nitrogens with one attached hydrogen (secondary N) is 1. The van der Waals surface area contributed by atoms with Crippen molar-refractivity contribution < 1.29 is 4.74 Å². The topological polar surface area (TPSA) is 67.6 Å². The summed E-state index contributed by atoms with van der Waals surface area (Å²) in [4.78, 5) is 6.48. The first-order chi connectivity index (χ1) is 12.7. The van der Waals surface area contributed by atoms with Crippen LogP contribution in [0.1, 0.15) is 36.5 Å². The van der Waals surface area contributed by atoms with Crippen LogP contribution in [0.25, 0.3) is 0 Å². The van der Waals surface area contributed by atoms with Crippen LogP contribution in [0.5, 0.6) is 5.75 Å². The molecule has 1 aliphatic heterocycles. The Hall–Kier alpha value is -1.84. The van der Waals surface area contributed by atoms with E-state index in [9.17, 15) is 0 Å². The molecule has 2 heterocycles.